The Morgan fingerprint density at radius 2 is 1.22 bits per heavy atom. The number of ether oxygens (including phenoxy) is 3. The van der Waals surface area contributed by atoms with Gasteiger partial charge in [0.15, 0.2) is 22.7 Å². The van der Waals surface area contributed by atoms with Gasteiger partial charge in [-0.15, -0.1) is 0 Å². The molecule has 0 heterocycles. The van der Waals surface area contributed by atoms with Crippen LogP contribution in [-0.2, 0) is 22.4 Å². The van der Waals surface area contributed by atoms with Crippen LogP contribution in [0.15, 0.2) is 0 Å². The van der Waals surface area contributed by atoms with E-state index in [0.29, 0.717) is 25.7 Å². The molecule has 0 saturated carbocycles. The van der Waals surface area contributed by atoms with Gasteiger partial charge in [0, 0.05) is 19.8 Å². The first kappa shape index (κ1) is 35.9. The van der Waals surface area contributed by atoms with E-state index in [1.54, 1.807) is 0 Å². The van der Waals surface area contributed by atoms with Gasteiger partial charge in [0.05, 0.1) is 6.61 Å². The van der Waals surface area contributed by atoms with Crippen LogP contribution in [0.1, 0.15) is 33.1 Å². The molecule has 218 valence electrons. The van der Waals surface area contributed by atoms with Gasteiger partial charge < -0.3 is 22.4 Å². The summed E-state index contributed by atoms with van der Waals surface area (Å²) >= 11 is 0. The zero-order chi connectivity index (χ0) is 28.3. The summed E-state index contributed by atoms with van der Waals surface area (Å²) in [6.45, 7) is 11.9. The summed E-state index contributed by atoms with van der Waals surface area (Å²) in [6.07, 6.45) is -20.5. The molecular formula is C20H40F8O5Si3. The monoisotopic (exact) mass is 596 g/mol. The van der Waals surface area contributed by atoms with Crippen LogP contribution in [0.4, 0.5) is 35.1 Å². The lowest BCUT2D eigenvalue weighted by Crippen LogP contribution is -2.45. The van der Waals surface area contributed by atoms with E-state index in [0.717, 1.165) is 18.5 Å². The lowest BCUT2D eigenvalue weighted by molar-refractivity contribution is -0.354. The number of rotatable bonds is 19. The molecule has 0 aliphatic carbocycles. The smallest absolute Gasteiger partial charge is 0.417 e. The fourth-order valence-electron chi connectivity index (χ4n) is 3.23. The fraction of sp³-hybridized carbons (Fsp3) is 1.00. The van der Waals surface area contributed by atoms with Crippen LogP contribution < -0.4 is 0 Å². The van der Waals surface area contributed by atoms with Gasteiger partial charge >= 0.3 is 27.7 Å². The zero-order valence-corrected chi connectivity index (χ0v) is 24.9. The second kappa shape index (κ2) is 15.5. The summed E-state index contributed by atoms with van der Waals surface area (Å²) in [5, 5.41) is 0. The molecule has 2 unspecified atom stereocenters. The van der Waals surface area contributed by atoms with Crippen molar-refractivity contribution < 1.29 is 57.6 Å². The Hall–Kier alpha value is -0.109. The highest BCUT2D eigenvalue weighted by molar-refractivity contribution is 6.82. The molecule has 0 rings (SSSR count). The number of hydrogen-bond donors (Lipinski definition) is 0. The summed E-state index contributed by atoms with van der Waals surface area (Å²) in [4.78, 5) is 0. The van der Waals surface area contributed by atoms with Gasteiger partial charge in [0.1, 0.15) is 6.42 Å². The summed E-state index contributed by atoms with van der Waals surface area (Å²) < 4.78 is 128. The van der Waals surface area contributed by atoms with E-state index in [1.165, 1.54) is 0 Å². The van der Waals surface area contributed by atoms with Gasteiger partial charge in [-0.2, -0.15) is 35.1 Å². The summed E-state index contributed by atoms with van der Waals surface area (Å²) in [5.74, 6) is 0. The molecule has 0 aromatic rings. The highest BCUT2D eigenvalue weighted by Crippen LogP contribution is 2.36. The van der Waals surface area contributed by atoms with Crippen LogP contribution >= 0.6 is 0 Å². The maximum Gasteiger partial charge on any atom is 0.417 e. The Morgan fingerprint density at radius 1 is 0.750 bits per heavy atom. The molecule has 0 aromatic heterocycles. The molecule has 0 spiro atoms. The largest absolute Gasteiger partial charge is 0.439 e. The third kappa shape index (κ3) is 18.2. The molecular weight excluding hydrogens is 556 g/mol. The van der Waals surface area contributed by atoms with E-state index >= 15 is 0 Å². The van der Waals surface area contributed by atoms with Crippen LogP contribution in [0.5, 0.6) is 0 Å². The SMILES string of the molecule is CCOCCC[Si](C)(C)O[SiH](CC)O[Si](C)(C)CCCOCC(OC(F)(F)CC(F)(F)F)C(F)(F)F. The molecule has 0 fully saturated rings. The van der Waals surface area contributed by atoms with Crippen LogP contribution in [-0.4, -0.2) is 76.9 Å². The number of halogens is 8. The number of hydrogen-bond acceptors (Lipinski definition) is 5. The van der Waals surface area contributed by atoms with Crippen molar-refractivity contribution in [2.45, 2.75) is 102 Å². The van der Waals surface area contributed by atoms with Crippen LogP contribution in [0.25, 0.3) is 0 Å². The normalized spacial score (nSPS) is 15.8. The third-order valence-corrected chi connectivity index (χ3v) is 15.9. The first-order chi connectivity index (χ1) is 16.2. The Balaban J connectivity index is 4.65. The fourth-order valence-corrected chi connectivity index (χ4v) is 13.8. The molecule has 0 bridgehead atoms. The van der Waals surface area contributed by atoms with Crippen LogP contribution in [0.3, 0.4) is 0 Å². The van der Waals surface area contributed by atoms with Crippen LogP contribution in [0, 0.1) is 0 Å². The quantitative estimate of drug-likeness (QED) is 0.0913. The van der Waals surface area contributed by atoms with Crippen molar-refractivity contribution in [1.82, 2.24) is 0 Å². The molecule has 0 aliphatic rings. The predicted octanol–water partition coefficient (Wildman–Crippen LogP) is 7.00. The molecule has 0 saturated heterocycles. The highest BCUT2D eigenvalue weighted by Gasteiger charge is 2.51. The number of alkyl halides is 8. The first-order valence-electron chi connectivity index (χ1n) is 11.9. The molecule has 36 heavy (non-hydrogen) atoms. The Morgan fingerprint density at radius 3 is 1.61 bits per heavy atom. The van der Waals surface area contributed by atoms with Crippen molar-refractivity contribution in [3.05, 3.63) is 0 Å². The van der Waals surface area contributed by atoms with E-state index in [4.69, 9.17) is 17.7 Å². The van der Waals surface area contributed by atoms with E-state index in [1.807, 2.05) is 26.9 Å². The molecule has 0 N–H and O–H groups in total. The molecule has 2 atom stereocenters. The molecule has 0 amide bonds. The average molecular weight is 597 g/mol. The van der Waals surface area contributed by atoms with Crippen LogP contribution in [0.2, 0.25) is 44.3 Å². The topological polar surface area (TPSA) is 46.2 Å². The zero-order valence-electron chi connectivity index (χ0n) is 21.8. The van der Waals surface area contributed by atoms with Gasteiger partial charge in [-0.05, 0) is 64.1 Å². The third-order valence-electron chi connectivity index (χ3n) is 4.93. The summed E-state index contributed by atoms with van der Waals surface area (Å²) in [7, 11) is -6.16. The lowest BCUT2D eigenvalue weighted by atomic mass is 10.3. The Labute approximate surface area is 212 Å². The Kier molecular flexibility index (Phi) is 15.4. The maximum atomic E-state index is 13.3. The molecule has 0 radical (unpaired) electrons. The van der Waals surface area contributed by atoms with Gasteiger partial charge in [0.2, 0.25) is 0 Å². The highest BCUT2D eigenvalue weighted by atomic mass is 28.4. The molecule has 5 nitrogen and oxygen atoms in total. The van der Waals surface area contributed by atoms with E-state index in [-0.39, 0.29) is 6.61 Å². The minimum Gasteiger partial charge on any atom is -0.439 e. The second-order valence-corrected chi connectivity index (χ2v) is 21.2. The van der Waals surface area contributed by atoms with Crippen molar-refractivity contribution in [2.24, 2.45) is 0 Å². The summed E-state index contributed by atoms with van der Waals surface area (Å²) in [6, 6.07) is 2.21. The molecule has 0 aliphatic heterocycles. The van der Waals surface area contributed by atoms with Gasteiger partial charge in [0.25, 0.3) is 0 Å². The van der Waals surface area contributed by atoms with Crippen molar-refractivity contribution in [2.75, 3.05) is 26.4 Å². The standard InChI is InChI=1S/C20H40F8O5Si3/c1-7-29-11-9-13-35(3,4)32-34(8-2)33-36(5,6)14-10-12-30-15-17(20(26,27)28)31-19(24,25)16-18(21,22)23/h17,34H,7-16H2,1-6H3. The molecule has 0 aromatic carbocycles. The first-order valence-corrected chi connectivity index (χ1v) is 19.9. The van der Waals surface area contributed by atoms with E-state index in [2.05, 4.69) is 17.8 Å². The molecule has 16 heteroatoms. The predicted molar refractivity (Wildman–Crippen MR) is 127 cm³/mol. The van der Waals surface area contributed by atoms with Crippen molar-refractivity contribution in [3.63, 3.8) is 0 Å². The average Bonchev–Trinajstić information content (AvgIpc) is 2.66. The summed E-state index contributed by atoms with van der Waals surface area (Å²) in [5.41, 5.74) is 0. The van der Waals surface area contributed by atoms with E-state index in [9.17, 15) is 35.1 Å². The maximum absolute atomic E-state index is 13.3. The van der Waals surface area contributed by atoms with Crippen molar-refractivity contribution in [1.29, 1.82) is 0 Å². The van der Waals surface area contributed by atoms with E-state index < -0.39 is 63.5 Å². The minimum atomic E-state index is -5.39. The van der Waals surface area contributed by atoms with Crippen molar-refractivity contribution >= 4 is 25.9 Å². The van der Waals surface area contributed by atoms with Crippen molar-refractivity contribution in [3.8, 4) is 0 Å². The second-order valence-electron chi connectivity index (χ2n) is 9.65. The Bertz CT molecular complexity index is 607. The lowest BCUT2D eigenvalue weighted by Gasteiger charge is -2.33. The van der Waals surface area contributed by atoms with Gasteiger partial charge in [-0.1, -0.05) is 6.92 Å². The minimum absolute atomic E-state index is 0.211. The van der Waals surface area contributed by atoms with Gasteiger partial charge in [-0.3, -0.25) is 0 Å². The van der Waals surface area contributed by atoms with Gasteiger partial charge in [-0.25, -0.2) is 0 Å².